The summed E-state index contributed by atoms with van der Waals surface area (Å²) >= 11 is 0. The highest BCUT2D eigenvalue weighted by atomic mass is 19.1. The number of hydrogen-bond donors (Lipinski definition) is 0. The Morgan fingerprint density at radius 2 is 0.940 bits per heavy atom. The van der Waals surface area contributed by atoms with E-state index in [1.807, 2.05) is 24.3 Å². The van der Waals surface area contributed by atoms with Crippen LogP contribution in [0.2, 0.25) is 0 Å². The lowest BCUT2D eigenvalue weighted by molar-refractivity contribution is 0.589. The summed E-state index contributed by atoms with van der Waals surface area (Å²) in [7, 11) is 0. The van der Waals surface area contributed by atoms with Gasteiger partial charge in [-0.25, -0.2) is 8.78 Å². The standard InChI is InChI=1S/C45H37F2N3/c1-44(2,3)28-18-20-39-33(23-28)30-12-7-9-16-37(30)49(39)41-22-27(26-48)32(43-35(46)14-11-15-36(43)47)25-42(41)50-38-17-10-8-13-31(38)34-24-29(45(4,5)6)19-21-40(34)50/h7-25H,1-6H3. The summed E-state index contributed by atoms with van der Waals surface area (Å²) in [6, 6.07) is 39.4. The maximum atomic E-state index is 15.6. The molecule has 6 aromatic carbocycles. The highest BCUT2D eigenvalue weighted by Crippen LogP contribution is 2.43. The fraction of sp³-hybridized carbons (Fsp3) is 0.178. The molecule has 2 heterocycles. The van der Waals surface area contributed by atoms with Crippen LogP contribution in [-0.4, -0.2) is 9.13 Å². The Morgan fingerprint density at radius 3 is 1.40 bits per heavy atom. The summed E-state index contributed by atoms with van der Waals surface area (Å²) in [5.41, 5.74) is 7.77. The molecule has 0 atom stereocenters. The quantitative estimate of drug-likeness (QED) is 0.186. The Balaban J connectivity index is 1.57. The molecule has 3 nitrogen and oxygen atoms in total. The zero-order chi connectivity index (χ0) is 35.1. The Kier molecular flexibility index (Phi) is 7.03. The molecule has 8 aromatic rings. The van der Waals surface area contributed by atoms with Crippen LogP contribution < -0.4 is 0 Å². The van der Waals surface area contributed by atoms with E-state index in [9.17, 15) is 5.26 Å². The van der Waals surface area contributed by atoms with Crippen molar-refractivity contribution in [2.75, 3.05) is 0 Å². The van der Waals surface area contributed by atoms with Gasteiger partial charge in [-0.05, 0) is 82.6 Å². The molecule has 0 unspecified atom stereocenters. The summed E-state index contributed by atoms with van der Waals surface area (Å²) in [5.74, 6) is -1.44. The largest absolute Gasteiger partial charge is 0.307 e. The van der Waals surface area contributed by atoms with Gasteiger partial charge in [0.1, 0.15) is 11.6 Å². The van der Waals surface area contributed by atoms with Gasteiger partial charge in [0, 0.05) is 27.1 Å². The van der Waals surface area contributed by atoms with Crippen LogP contribution in [0.3, 0.4) is 0 Å². The van der Waals surface area contributed by atoms with Crippen LogP contribution >= 0.6 is 0 Å². The molecule has 0 aliphatic heterocycles. The molecule has 8 rings (SSSR count). The maximum Gasteiger partial charge on any atom is 0.134 e. The van der Waals surface area contributed by atoms with Gasteiger partial charge in [-0.3, -0.25) is 0 Å². The molecule has 0 saturated carbocycles. The van der Waals surface area contributed by atoms with Crippen molar-refractivity contribution < 1.29 is 8.78 Å². The van der Waals surface area contributed by atoms with Crippen molar-refractivity contribution in [3.8, 4) is 28.6 Å². The number of rotatable bonds is 3. The Labute approximate surface area is 290 Å². The zero-order valence-electron chi connectivity index (χ0n) is 29.1. The molecule has 0 bridgehead atoms. The number of halogens is 2. The zero-order valence-corrected chi connectivity index (χ0v) is 29.1. The summed E-state index contributed by atoms with van der Waals surface area (Å²) in [5, 5.41) is 14.9. The maximum absolute atomic E-state index is 15.6. The van der Waals surface area contributed by atoms with E-state index in [1.54, 1.807) is 12.1 Å². The minimum Gasteiger partial charge on any atom is -0.307 e. The van der Waals surface area contributed by atoms with Crippen LogP contribution in [0.5, 0.6) is 0 Å². The normalized spacial score (nSPS) is 12.4. The molecule has 0 radical (unpaired) electrons. The van der Waals surface area contributed by atoms with Crippen molar-refractivity contribution >= 4 is 43.6 Å². The predicted molar refractivity (Wildman–Crippen MR) is 203 cm³/mol. The molecule has 0 aliphatic carbocycles. The molecule has 2 aromatic heterocycles. The van der Waals surface area contributed by atoms with Crippen LogP contribution in [0, 0.1) is 23.0 Å². The van der Waals surface area contributed by atoms with Gasteiger partial charge in [0.15, 0.2) is 0 Å². The fourth-order valence-electron chi connectivity index (χ4n) is 7.39. The molecular formula is C45H37F2N3. The molecule has 0 fully saturated rings. The summed E-state index contributed by atoms with van der Waals surface area (Å²) < 4.78 is 35.5. The lowest BCUT2D eigenvalue weighted by atomic mass is 9.86. The Hall–Kier alpha value is -5.73. The number of fused-ring (bicyclic) bond motifs is 6. The van der Waals surface area contributed by atoms with Crippen LogP contribution in [0.15, 0.2) is 115 Å². The second-order valence-corrected chi connectivity index (χ2v) is 15.3. The SMILES string of the molecule is CC(C)(C)c1ccc2c(c1)c1ccccc1n2-c1cc(C#N)c(-c2c(F)cccc2F)cc1-n1c2ccccc2c2cc(C(C)(C)C)ccc21. The lowest BCUT2D eigenvalue weighted by Crippen LogP contribution is -2.11. The van der Waals surface area contributed by atoms with Crippen molar-refractivity contribution in [1.29, 1.82) is 5.26 Å². The van der Waals surface area contributed by atoms with Gasteiger partial charge in [-0.1, -0.05) is 96.1 Å². The number of para-hydroxylation sites is 2. The summed E-state index contributed by atoms with van der Waals surface area (Å²) in [6.45, 7) is 13.2. The first-order valence-corrected chi connectivity index (χ1v) is 17.0. The Morgan fingerprint density at radius 1 is 0.500 bits per heavy atom. The first-order chi connectivity index (χ1) is 23.9. The average molecular weight is 658 g/mol. The summed E-state index contributed by atoms with van der Waals surface area (Å²) in [4.78, 5) is 0. The van der Waals surface area contributed by atoms with Crippen LogP contribution in [0.25, 0.3) is 66.1 Å². The Bertz CT molecular complexity index is 2690. The van der Waals surface area contributed by atoms with E-state index in [-0.39, 0.29) is 27.5 Å². The molecule has 0 saturated heterocycles. The van der Waals surface area contributed by atoms with E-state index in [2.05, 4.69) is 117 Å². The van der Waals surface area contributed by atoms with Gasteiger partial charge in [0.05, 0.1) is 50.6 Å². The van der Waals surface area contributed by atoms with Crippen molar-refractivity contribution in [2.24, 2.45) is 0 Å². The third kappa shape index (κ3) is 4.82. The second kappa shape index (κ2) is 11.1. The number of hydrogen-bond acceptors (Lipinski definition) is 1. The topological polar surface area (TPSA) is 33.6 Å². The lowest BCUT2D eigenvalue weighted by Gasteiger charge is -2.21. The van der Waals surface area contributed by atoms with Crippen LogP contribution in [0.1, 0.15) is 58.2 Å². The predicted octanol–water partition coefficient (Wildman–Crippen LogP) is 12.3. The average Bonchev–Trinajstić information content (AvgIpc) is 3.59. The number of benzene rings is 6. The van der Waals surface area contributed by atoms with E-state index >= 15 is 8.78 Å². The first kappa shape index (κ1) is 31.5. The van der Waals surface area contributed by atoms with Gasteiger partial charge < -0.3 is 9.13 Å². The van der Waals surface area contributed by atoms with Crippen LogP contribution in [0.4, 0.5) is 8.78 Å². The monoisotopic (exact) mass is 657 g/mol. The summed E-state index contributed by atoms with van der Waals surface area (Å²) in [6.07, 6.45) is 0. The van der Waals surface area contributed by atoms with Crippen molar-refractivity contribution in [3.63, 3.8) is 0 Å². The number of nitrogens with zero attached hydrogens (tertiary/aromatic N) is 3. The molecule has 50 heavy (non-hydrogen) atoms. The highest BCUT2D eigenvalue weighted by molar-refractivity contribution is 6.12. The molecule has 0 amide bonds. The third-order valence-electron chi connectivity index (χ3n) is 10.0. The van der Waals surface area contributed by atoms with E-state index in [4.69, 9.17) is 0 Å². The van der Waals surface area contributed by atoms with Gasteiger partial charge in [-0.2, -0.15) is 5.26 Å². The van der Waals surface area contributed by atoms with E-state index in [0.29, 0.717) is 5.69 Å². The van der Waals surface area contributed by atoms with E-state index in [1.165, 1.54) is 29.3 Å². The number of nitriles is 1. The fourth-order valence-corrected chi connectivity index (χ4v) is 7.39. The third-order valence-corrected chi connectivity index (χ3v) is 10.0. The van der Waals surface area contributed by atoms with Gasteiger partial charge in [-0.15, -0.1) is 0 Å². The molecule has 5 heteroatoms. The smallest absolute Gasteiger partial charge is 0.134 e. The van der Waals surface area contributed by atoms with Gasteiger partial charge in [0.2, 0.25) is 0 Å². The molecule has 246 valence electrons. The van der Waals surface area contributed by atoms with Gasteiger partial charge in [0.25, 0.3) is 0 Å². The molecule has 0 spiro atoms. The second-order valence-electron chi connectivity index (χ2n) is 15.3. The first-order valence-electron chi connectivity index (χ1n) is 17.0. The minimum atomic E-state index is -0.719. The molecule has 0 aliphatic rings. The van der Waals surface area contributed by atoms with Crippen molar-refractivity contribution in [3.05, 3.63) is 144 Å². The van der Waals surface area contributed by atoms with Crippen molar-refractivity contribution in [2.45, 2.75) is 52.4 Å². The van der Waals surface area contributed by atoms with Gasteiger partial charge >= 0.3 is 0 Å². The van der Waals surface area contributed by atoms with E-state index < -0.39 is 11.6 Å². The minimum absolute atomic E-state index is 0.0586. The molecule has 0 N–H and O–H groups in total. The van der Waals surface area contributed by atoms with E-state index in [0.717, 1.165) is 49.3 Å². The van der Waals surface area contributed by atoms with Crippen molar-refractivity contribution in [1.82, 2.24) is 9.13 Å². The number of aromatic nitrogens is 2. The highest BCUT2D eigenvalue weighted by Gasteiger charge is 2.26. The van der Waals surface area contributed by atoms with Crippen LogP contribution in [-0.2, 0) is 10.8 Å². The molecular weight excluding hydrogens is 621 g/mol.